The third-order valence-electron chi connectivity index (χ3n) is 4.50. The van der Waals surface area contributed by atoms with Crippen molar-refractivity contribution in [3.05, 3.63) is 0 Å². The van der Waals surface area contributed by atoms with Gasteiger partial charge in [0, 0.05) is 6.42 Å². The van der Waals surface area contributed by atoms with Crippen LogP contribution in [-0.4, -0.2) is 71.4 Å². The Balaban J connectivity index is 4.97. The quantitative estimate of drug-likeness (QED) is 0.175. The van der Waals surface area contributed by atoms with Crippen LogP contribution in [0.5, 0.6) is 0 Å². The molecular weight excluding hydrogens is 414 g/mol. The van der Waals surface area contributed by atoms with E-state index < -0.39 is 54.3 Å². The van der Waals surface area contributed by atoms with Gasteiger partial charge in [0.1, 0.15) is 12.1 Å². The molecule has 0 aromatic heterocycles. The number of hydrogen-bond donors (Lipinski definition) is 6. The number of aliphatic carboxylic acids is 1. The van der Waals surface area contributed by atoms with E-state index in [1.54, 1.807) is 13.8 Å². The van der Waals surface area contributed by atoms with E-state index in [-0.39, 0.29) is 18.8 Å². The Kier molecular flexibility index (Phi) is 13.5. The van der Waals surface area contributed by atoms with Crippen molar-refractivity contribution in [1.29, 1.82) is 0 Å². The van der Waals surface area contributed by atoms with Crippen molar-refractivity contribution in [3.8, 4) is 0 Å². The third kappa shape index (κ3) is 11.0. The van der Waals surface area contributed by atoms with Gasteiger partial charge in [0.25, 0.3) is 0 Å². The van der Waals surface area contributed by atoms with Crippen LogP contribution in [0.4, 0.5) is 0 Å². The van der Waals surface area contributed by atoms with E-state index in [0.717, 1.165) is 0 Å². The second-order valence-corrected chi connectivity index (χ2v) is 7.93. The van der Waals surface area contributed by atoms with E-state index in [2.05, 4.69) is 16.0 Å². The number of carboxylic acid groups (broad SMARTS) is 1. The molecule has 0 aliphatic carbocycles. The van der Waals surface area contributed by atoms with Gasteiger partial charge in [-0.25, -0.2) is 4.79 Å². The molecule has 0 aliphatic heterocycles. The van der Waals surface area contributed by atoms with Gasteiger partial charge in [0.05, 0.1) is 12.6 Å². The largest absolute Gasteiger partial charge is 0.480 e. The first-order valence-electron chi connectivity index (χ1n) is 9.66. The molecule has 12 heteroatoms. The SMILES string of the molecule is CCC(C)C(NC(=O)C(CCC(N)=O)NC(=O)CNC(=O)C(N)CCSC)C(=O)O. The lowest BCUT2D eigenvalue weighted by molar-refractivity contribution is -0.144. The molecule has 4 atom stereocenters. The van der Waals surface area contributed by atoms with Crippen molar-refractivity contribution >= 4 is 41.4 Å². The van der Waals surface area contributed by atoms with Crippen LogP contribution < -0.4 is 27.4 Å². The molecule has 0 aromatic rings. The molecule has 30 heavy (non-hydrogen) atoms. The van der Waals surface area contributed by atoms with Gasteiger partial charge in [-0.15, -0.1) is 0 Å². The molecule has 4 amide bonds. The average molecular weight is 448 g/mol. The molecule has 0 saturated carbocycles. The van der Waals surface area contributed by atoms with Crippen LogP contribution in [0.3, 0.4) is 0 Å². The first-order valence-corrected chi connectivity index (χ1v) is 11.1. The molecule has 0 heterocycles. The number of carbonyl (C=O) groups is 5. The van der Waals surface area contributed by atoms with Gasteiger partial charge in [0.2, 0.25) is 23.6 Å². The summed E-state index contributed by atoms with van der Waals surface area (Å²) >= 11 is 1.54. The van der Waals surface area contributed by atoms with Gasteiger partial charge in [0.15, 0.2) is 0 Å². The number of amides is 4. The third-order valence-corrected chi connectivity index (χ3v) is 5.14. The minimum Gasteiger partial charge on any atom is -0.480 e. The average Bonchev–Trinajstić information content (AvgIpc) is 2.69. The van der Waals surface area contributed by atoms with Gasteiger partial charge in [-0.2, -0.15) is 11.8 Å². The number of hydrogen-bond acceptors (Lipinski definition) is 7. The summed E-state index contributed by atoms with van der Waals surface area (Å²) < 4.78 is 0. The van der Waals surface area contributed by atoms with E-state index in [1.807, 2.05) is 6.26 Å². The highest BCUT2D eigenvalue weighted by atomic mass is 32.2. The molecule has 0 radical (unpaired) electrons. The molecule has 172 valence electrons. The fourth-order valence-corrected chi connectivity index (χ4v) is 2.90. The number of rotatable bonds is 15. The van der Waals surface area contributed by atoms with Crippen LogP contribution in [0.2, 0.25) is 0 Å². The van der Waals surface area contributed by atoms with E-state index in [0.29, 0.717) is 18.6 Å². The monoisotopic (exact) mass is 447 g/mol. The van der Waals surface area contributed by atoms with Crippen molar-refractivity contribution in [2.45, 2.75) is 57.7 Å². The summed E-state index contributed by atoms with van der Waals surface area (Å²) in [6.07, 6.45) is 2.54. The Bertz CT molecular complexity index is 618. The first-order chi connectivity index (χ1) is 14.0. The molecule has 0 bridgehead atoms. The lowest BCUT2D eigenvalue weighted by atomic mass is 9.98. The van der Waals surface area contributed by atoms with Crippen LogP contribution in [0.1, 0.15) is 39.5 Å². The van der Waals surface area contributed by atoms with Crippen LogP contribution in [-0.2, 0) is 24.0 Å². The standard InChI is InChI=1S/C18H33N5O6S/c1-4-10(2)15(18(28)29)23-17(27)12(5-6-13(20)24)22-14(25)9-21-16(26)11(19)7-8-30-3/h10-12,15H,4-9,19H2,1-3H3,(H2,20,24)(H,21,26)(H,22,25)(H,23,27)(H,28,29). The maximum atomic E-state index is 12.5. The Morgan fingerprint density at radius 2 is 1.70 bits per heavy atom. The molecule has 0 fully saturated rings. The fourth-order valence-electron chi connectivity index (χ4n) is 2.41. The number of carbonyl (C=O) groups excluding carboxylic acids is 4. The van der Waals surface area contributed by atoms with Crippen molar-refractivity contribution in [1.82, 2.24) is 16.0 Å². The minimum absolute atomic E-state index is 0.110. The summed E-state index contributed by atoms with van der Waals surface area (Å²) in [5, 5.41) is 16.5. The summed E-state index contributed by atoms with van der Waals surface area (Å²) in [6, 6.07) is -3.09. The van der Waals surface area contributed by atoms with E-state index in [9.17, 15) is 29.1 Å². The second kappa shape index (κ2) is 14.6. The summed E-state index contributed by atoms with van der Waals surface area (Å²) in [5.41, 5.74) is 10.8. The number of thioether (sulfide) groups is 1. The van der Waals surface area contributed by atoms with Gasteiger partial charge in [-0.05, 0) is 30.8 Å². The summed E-state index contributed by atoms with van der Waals surface area (Å²) in [5.74, 6) is -3.46. The first kappa shape index (κ1) is 27.7. The molecule has 0 spiro atoms. The predicted molar refractivity (Wildman–Crippen MR) is 113 cm³/mol. The highest BCUT2D eigenvalue weighted by molar-refractivity contribution is 7.98. The molecule has 8 N–H and O–H groups in total. The Labute approximate surface area is 180 Å². The van der Waals surface area contributed by atoms with E-state index >= 15 is 0 Å². The van der Waals surface area contributed by atoms with Crippen molar-refractivity contribution in [2.24, 2.45) is 17.4 Å². The van der Waals surface area contributed by atoms with Gasteiger partial charge < -0.3 is 32.5 Å². The highest BCUT2D eigenvalue weighted by Crippen LogP contribution is 2.09. The molecule has 0 aliphatic rings. The van der Waals surface area contributed by atoms with Gasteiger partial charge >= 0.3 is 5.97 Å². The Morgan fingerprint density at radius 3 is 2.20 bits per heavy atom. The fraction of sp³-hybridized carbons (Fsp3) is 0.722. The lowest BCUT2D eigenvalue weighted by Gasteiger charge is -2.24. The molecular formula is C18H33N5O6S. The van der Waals surface area contributed by atoms with E-state index in [1.165, 1.54) is 11.8 Å². The highest BCUT2D eigenvalue weighted by Gasteiger charge is 2.29. The van der Waals surface area contributed by atoms with Gasteiger partial charge in [-0.1, -0.05) is 20.3 Å². The molecule has 0 rings (SSSR count). The van der Waals surface area contributed by atoms with Crippen molar-refractivity contribution < 1.29 is 29.1 Å². The number of nitrogens with two attached hydrogens (primary N) is 2. The molecule has 0 aromatic carbocycles. The normalized spacial score (nSPS) is 14.7. The van der Waals surface area contributed by atoms with Gasteiger partial charge in [-0.3, -0.25) is 19.2 Å². The summed E-state index contributed by atoms with van der Waals surface area (Å²) in [7, 11) is 0. The van der Waals surface area contributed by atoms with Crippen LogP contribution >= 0.6 is 11.8 Å². The predicted octanol–water partition coefficient (Wildman–Crippen LogP) is -1.45. The van der Waals surface area contributed by atoms with Crippen molar-refractivity contribution in [3.63, 3.8) is 0 Å². The topological polar surface area (TPSA) is 194 Å². The maximum absolute atomic E-state index is 12.5. The Hall–Kier alpha value is -2.34. The maximum Gasteiger partial charge on any atom is 0.326 e. The van der Waals surface area contributed by atoms with Crippen LogP contribution in [0.15, 0.2) is 0 Å². The van der Waals surface area contributed by atoms with Crippen LogP contribution in [0.25, 0.3) is 0 Å². The number of nitrogens with one attached hydrogen (secondary N) is 3. The summed E-state index contributed by atoms with van der Waals surface area (Å²) in [6.45, 7) is 3.04. The Morgan fingerprint density at radius 1 is 1.07 bits per heavy atom. The minimum atomic E-state index is -1.20. The van der Waals surface area contributed by atoms with E-state index in [4.69, 9.17) is 11.5 Å². The number of carboxylic acids is 1. The zero-order valence-corrected chi connectivity index (χ0v) is 18.4. The zero-order valence-electron chi connectivity index (χ0n) is 17.6. The smallest absolute Gasteiger partial charge is 0.326 e. The summed E-state index contributed by atoms with van der Waals surface area (Å²) in [4.78, 5) is 59.1. The zero-order chi connectivity index (χ0) is 23.3. The lowest BCUT2D eigenvalue weighted by Crippen LogP contribution is -2.55. The number of primary amides is 1. The van der Waals surface area contributed by atoms with Crippen LogP contribution in [0, 0.1) is 5.92 Å². The van der Waals surface area contributed by atoms with Crippen molar-refractivity contribution in [2.75, 3.05) is 18.6 Å². The molecule has 4 unspecified atom stereocenters. The second-order valence-electron chi connectivity index (χ2n) is 6.94. The molecule has 11 nitrogen and oxygen atoms in total. The molecule has 0 saturated heterocycles.